The van der Waals surface area contributed by atoms with E-state index in [0.717, 1.165) is 56.2 Å². The number of halogens is 3. The molecule has 2 aliphatic heterocycles. The number of ether oxygens (including phenoxy) is 1. The summed E-state index contributed by atoms with van der Waals surface area (Å²) in [4.78, 5) is 55.7. The summed E-state index contributed by atoms with van der Waals surface area (Å²) < 4.78 is 47.1. The van der Waals surface area contributed by atoms with Gasteiger partial charge in [-0.1, -0.05) is 25.2 Å². The molecule has 4 amide bonds. The minimum atomic E-state index is -4.66. The summed E-state index contributed by atoms with van der Waals surface area (Å²) >= 11 is 5.45. The second kappa shape index (κ2) is 18.1. The molecule has 1 saturated carbocycles. The van der Waals surface area contributed by atoms with E-state index in [0.29, 0.717) is 55.3 Å². The highest BCUT2D eigenvalue weighted by Gasteiger charge is 2.51. The van der Waals surface area contributed by atoms with Crippen LogP contribution in [-0.2, 0) is 31.8 Å². The molecule has 12 nitrogen and oxygen atoms in total. The van der Waals surface area contributed by atoms with E-state index in [1.54, 1.807) is 23.1 Å². The van der Waals surface area contributed by atoms with Gasteiger partial charge < -0.3 is 30.9 Å². The van der Waals surface area contributed by atoms with Crippen LogP contribution in [-0.4, -0.2) is 78.9 Å². The van der Waals surface area contributed by atoms with Gasteiger partial charge in [-0.25, -0.2) is 0 Å². The summed E-state index contributed by atoms with van der Waals surface area (Å²) in [6.07, 6.45) is 1.17. The van der Waals surface area contributed by atoms with Crippen LogP contribution in [0, 0.1) is 5.92 Å². The number of carbonyl (C=O) groups excluding carboxylic acids is 4. The number of alkyl halides is 3. The maximum atomic E-state index is 14.0. The van der Waals surface area contributed by atoms with E-state index >= 15 is 0 Å². The third kappa shape index (κ3) is 9.72. The van der Waals surface area contributed by atoms with Gasteiger partial charge in [-0.05, 0) is 131 Å². The Bertz CT molecular complexity index is 2020. The Balaban J connectivity index is 0.983. The molecule has 2 heterocycles. The van der Waals surface area contributed by atoms with E-state index in [2.05, 4.69) is 20.9 Å². The predicted octanol–water partition coefficient (Wildman–Crippen LogP) is 6.54. The van der Waals surface area contributed by atoms with Crippen molar-refractivity contribution in [1.82, 2.24) is 10.2 Å². The average molecular weight is 822 g/mol. The normalized spacial score (nSPS) is 18.4. The number of benzene rings is 3. The second-order valence-corrected chi connectivity index (χ2v) is 15.5. The number of piperidine rings is 2. The molecule has 3 aromatic carbocycles. The van der Waals surface area contributed by atoms with Gasteiger partial charge >= 0.3 is 6.18 Å². The number of thiocarbonyl (C=S) groups is 1. The molecule has 1 unspecified atom stereocenters. The molecule has 5 N–H and O–H groups in total. The molecule has 58 heavy (non-hydrogen) atoms. The molecule has 310 valence electrons. The SMILES string of the molecule is CCc1cc(N(C=S)C2(C(=O)N(C)c3ccc(N)c(C(F)(F)F)c3)CCC2)ccc1OCCC1CCN(CC(=O)Nc2cccc(NC3CCC(=O)NC3=O)c2)CC1. The fourth-order valence-electron chi connectivity index (χ4n) is 7.93. The van der Waals surface area contributed by atoms with E-state index in [1.807, 2.05) is 31.2 Å². The molecule has 3 fully saturated rings. The van der Waals surface area contributed by atoms with Crippen molar-refractivity contribution in [1.29, 1.82) is 0 Å². The number of rotatable bonds is 15. The molecule has 0 aromatic heterocycles. The average Bonchev–Trinajstić information content (AvgIpc) is 3.17. The van der Waals surface area contributed by atoms with E-state index in [9.17, 15) is 32.3 Å². The van der Waals surface area contributed by atoms with Crippen LogP contribution < -0.4 is 36.2 Å². The quantitative estimate of drug-likeness (QED) is 0.0757. The third-order valence-corrected chi connectivity index (χ3v) is 11.7. The van der Waals surface area contributed by atoms with Crippen molar-refractivity contribution in [3.8, 4) is 5.75 Å². The van der Waals surface area contributed by atoms with Crippen molar-refractivity contribution in [3.63, 3.8) is 0 Å². The zero-order valence-electron chi connectivity index (χ0n) is 32.7. The van der Waals surface area contributed by atoms with Gasteiger partial charge in [-0.2, -0.15) is 13.2 Å². The summed E-state index contributed by atoms with van der Waals surface area (Å²) in [5, 5.41) is 8.42. The summed E-state index contributed by atoms with van der Waals surface area (Å²) in [6, 6.07) is 15.9. The van der Waals surface area contributed by atoms with E-state index in [-0.39, 0.29) is 42.3 Å². The molecule has 1 aliphatic carbocycles. The highest BCUT2D eigenvalue weighted by molar-refractivity contribution is 7.79. The highest BCUT2D eigenvalue weighted by Crippen LogP contribution is 2.44. The number of nitrogens with one attached hydrogen (secondary N) is 3. The molecular weight excluding hydrogens is 772 g/mol. The summed E-state index contributed by atoms with van der Waals surface area (Å²) in [5.74, 6) is 0.0803. The van der Waals surface area contributed by atoms with Crippen LogP contribution in [0.1, 0.15) is 69.4 Å². The smallest absolute Gasteiger partial charge is 0.418 e. The van der Waals surface area contributed by atoms with Gasteiger partial charge in [0.1, 0.15) is 17.3 Å². The van der Waals surface area contributed by atoms with Crippen LogP contribution >= 0.6 is 12.2 Å². The number of likely N-dealkylation sites (tertiary alicyclic amines) is 1. The first kappa shape index (κ1) is 42.4. The second-order valence-electron chi connectivity index (χ2n) is 15.3. The monoisotopic (exact) mass is 821 g/mol. The number of carbonyl (C=O) groups is 4. The Hall–Kier alpha value is -5.22. The minimum Gasteiger partial charge on any atom is -0.493 e. The first-order valence-corrected chi connectivity index (χ1v) is 20.2. The maximum Gasteiger partial charge on any atom is 0.418 e. The largest absolute Gasteiger partial charge is 0.493 e. The van der Waals surface area contributed by atoms with E-state index < -0.39 is 29.0 Å². The molecule has 3 aliphatic rings. The number of anilines is 5. The maximum absolute atomic E-state index is 14.0. The van der Waals surface area contributed by atoms with Crippen molar-refractivity contribution >= 4 is 69.8 Å². The lowest BCUT2D eigenvalue weighted by atomic mass is 9.74. The zero-order chi connectivity index (χ0) is 41.6. The number of nitrogens with zero attached hydrogens (tertiary/aromatic N) is 3. The Morgan fingerprint density at radius 2 is 1.76 bits per heavy atom. The molecule has 0 bridgehead atoms. The van der Waals surface area contributed by atoms with Gasteiger partial charge in [0.05, 0.1) is 24.2 Å². The van der Waals surface area contributed by atoms with Crippen LogP contribution in [0.4, 0.5) is 41.6 Å². The Kier molecular flexibility index (Phi) is 13.3. The molecule has 6 rings (SSSR count). The predicted molar refractivity (Wildman–Crippen MR) is 222 cm³/mol. The van der Waals surface area contributed by atoms with Crippen LogP contribution in [0.3, 0.4) is 0 Å². The summed E-state index contributed by atoms with van der Waals surface area (Å²) in [7, 11) is 1.47. The number of hydrogen-bond donors (Lipinski definition) is 4. The number of aryl methyl sites for hydroxylation is 1. The van der Waals surface area contributed by atoms with Crippen molar-refractivity contribution in [2.24, 2.45) is 5.92 Å². The van der Waals surface area contributed by atoms with Gasteiger partial charge in [0, 0.05) is 41.9 Å². The van der Waals surface area contributed by atoms with Crippen LogP contribution in [0.15, 0.2) is 60.7 Å². The van der Waals surface area contributed by atoms with Crippen molar-refractivity contribution < 1.29 is 37.1 Å². The number of nitrogen functional groups attached to an aromatic ring is 1. The standard InChI is InChI=1S/C42H50F3N7O5S/c1-3-28-22-32(52(26-58)41(17-5-18-41)40(56)50(2)31-8-10-34(46)33(24-31)42(43,44)45)9-12-36(28)57-21-16-27-14-19-51(20-15-27)25-38(54)48-30-7-4-6-29(23-30)47-35-11-13-37(53)49-39(35)55/h4,6-10,12,22-24,26-27,35,47H,3,5,11,13-21,25,46H2,1-2H3,(H,48,54)(H,49,53,55). The van der Waals surface area contributed by atoms with E-state index in [1.165, 1.54) is 29.6 Å². The minimum absolute atomic E-state index is 0.0948. The molecule has 0 spiro atoms. The molecule has 2 saturated heterocycles. The van der Waals surface area contributed by atoms with Gasteiger partial charge in [-0.15, -0.1) is 0 Å². The van der Waals surface area contributed by atoms with Crippen molar-refractivity contribution in [2.45, 2.75) is 82.5 Å². The van der Waals surface area contributed by atoms with Gasteiger partial charge in [0.25, 0.3) is 5.91 Å². The molecule has 1 atom stereocenters. The number of likely N-dealkylation sites (N-methyl/N-ethyl adjacent to an activating group) is 1. The summed E-state index contributed by atoms with van der Waals surface area (Å²) in [5.41, 5.74) is 7.66. The van der Waals surface area contributed by atoms with Crippen LogP contribution in [0.2, 0.25) is 0 Å². The Morgan fingerprint density at radius 3 is 2.41 bits per heavy atom. The first-order chi connectivity index (χ1) is 27.7. The Morgan fingerprint density at radius 1 is 1.03 bits per heavy atom. The third-order valence-electron chi connectivity index (χ3n) is 11.5. The van der Waals surface area contributed by atoms with Gasteiger partial charge in [0.2, 0.25) is 17.7 Å². The van der Waals surface area contributed by atoms with Gasteiger partial charge in [0.15, 0.2) is 0 Å². The number of imide groups is 1. The lowest BCUT2D eigenvalue weighted by Gasteiger charge is -2.49. The topological polar surface area (TPSA) is 149 Å². The number of nitrogens with two attached hydrogens (primary N) is 1. The number of hydrogen-bond acceptors (Lipinski definition) is 9. The lowest BCUT2D eigenvalue weighted by Crippen LogP contribution is -2.63. The lowest BCUT2D eigenvalue weighted by molar-refractivity contribution is -0.137. The van der Waals surface area contributed by atoms with Gasteiger partial charge in [-0.3, -0.25) is 29.4 Å². The zero-order valence-corrected chi connectivity index (χ0v) is 33.5. The molecular formula is C42H50F3N7O5S. The number of amides is 4. The molecule has 16 heteroatoms. The van der Waals surface area contributed by atoms with Crippen molar-refractivity contribution in [3.05, 3.63) is 71.8 Å². The van der Waals surface area contributed by atoms with Crippen LogP contribution in [0.5, 0.6) is 5.75 Å². The first-order valence-electron chi connectivity index (χ1n) is 19.7. The fourth-order valence-corrected chi connectivity index (χ4v) is 8.25. The van der Waals surface area contributed by atoms with E-state index in [4.69, 9.17) is 22.7 Å². The summed E-state index contributed by atoms with van der Waals surface area (Å²) in [6.45, 7) is 4.38. The van der Waals surface area contributed by atoms with Crippen molar-refractivity contribution in [2.75, 3.05) is 59.5 Å². The fraction of sp³-hybridized carbons (Fsp3) is 0.452. The Labute approximate surface area is 341 Å². The highest BCUT2D eigenvalue weighted by atomic mass is 32.1. The molecule has 0 radical (unpaired) electrons. The molecule has 3 aromatic rings. The van der Waals surface area contributed by atoms with Crippen LogP contribution in [0.25, 0.3) is 0 Å².